The standard InChI is InChI=1S/C9H14N6OS2/c1-3-7-12-13-8(15(7)10)17-9-11-6(14-18-9)4-5-16-2/h3-5,10H2,1-2H3. The van der Waals surface area contributed by atoms with E-state index in [2.05, 4.69) is 19.6 Å². The number of nitrogens with zero attached hydrogens (tertiary/aromatic N) is 5. The fourth-order valence-electron chi connectivity index (χ4n) is 1.27. The van der Waals surface area contributed by atoms with Crippen LogP contribution in [0.25, 0.3) is 0 Å². The highest BCUT2D eigenvalue weighted by molar-refractivity contribution is 8.00. The van der Waals surface area contributed by atoms with Crippen molar-refractivity contribution in [1.82, 2.24) is 24.2 Å². The summed E-state index contributed by atoms with van der Waals surface area (Å²) in [6.45, 7) is 2.60. The summed E-state index contributed by atoms with van der Waals surface area (Å²) < 4.78 is 11.5. The van der Waals surface area contributed by atoms with Gasteiger partial charge in [-0.05, 0) is 23.3 Å². The number of aryl methyl sites for hydroxylation is 1. The first kappa shape index (κ1) is 13.2. The maximum atomic E-state index is 5.86. The minimum atomic E-state index is 0.619. The predicted octanol–water partition coefficient (Wildman–Crippen LogP) is 0.746. The van der Waals surface area contributed by atoms with Gasteiger partial charge < -0.3 is 10.6 Å². The van der Waals surface area contributed by atoms with E-state index in [0.717, 1.165) is 22.4 Å². The molecule has 9 heteroatoms. The Balaban J connectivity index is 2.04. The zero-order valence-electron chi connectivity index (χ0n) is 10.2. The van der Waals surface area contributed by atoms with Gasteiger partial charge in [-0.25, -0.2) is 9.66 Å². The van der Waals surface area contributed by atoms with Crippen LogP contribution in [0.5, 0.6) is 0 Å². The van der Waals surface area contributed by atoms with E-state index in [1.807, 2.05) is 6.92 Å². The monoisotopic (exact) mass is 286 g/mol. The molecule has 0 aliphatic carbocycles. The first-order valence-corrected chi connectivity index (χ1v) is 7.02. The number of nitrogen functional groups attached to an aromatic ring is 1. The lowest BCUT2D eigenvalue weighted by Gasteiger charge is -1.98. The van der Waals surface area contributed by atoms with Crippen molar-refractivity contribution in [3.63, 3.8) is 0 Å². The minimum absolute atomic E-state index is 0.619. The molecule has 0 atom stereocenters. The second-order valence-corrected chi connectivity index (χ2v) is 5.41. The van der Waals surface area contributed by atoms with E-state index in [-0.39, 0.29) is 0 Å². The van der Waals surface area contributed by atoms with Crippen molar-refractivity contribution in [1.29, 1.82) is 0 Å². The Morgan fingerprint density at radius 1 is 1.44 bits per heavy atom. The average molecular weight is 286 g/mol. The summed E-state index contributed by atoms with van der Waals surface area (Å²) in [5.74, 6) is 7.39. The van der Waals surface area contributed by atoms with Crippen LogP contribution in [0.15, 0.2) is 9.50 Å². The van der Waals surface area contributed by atoms with E-state index in [4.69, 9.17) is 10.6 Å². The highest BCUT2D eigenvalue weighted by Gasteiger charge is 2.12. The van der Waals surface area contributed by atoms with Crippen molar-refractivity contribution in [2.24, 2.45) is 0 Å². The lowest BCUT2D eigenvalue weighted by Crippen LogP contribution is -2.13. The Bertz CT molecular complexity index is 511. The summed E-state index contributed by atoms with van der Waals surface area (Å²) >= 11 is 2.70. The fraction of sp³-hybridized carbons (Fsp3) is 0.556. The van der Waals surface area contributed by atoms with Gasteiger partial charge in [0, 0.05) is 20.0 Å². The zero-order valence-corrected chi connectivity index (χ0v) is 11.8. The molecule has 2 heterocycles. The number of ether oxygens (including phenoxy) is 1. The molecule has 0 unspecified atom stereocenters. The topological polar surface area (TPSA) is 91.7 Å². The van der Waals surface area contributed by atoms with Gasteiger partial charge in [0.25, 0.3) is 0 Å². The molecule has 0 spiro atoms. The lowest BCUT2D eigenvalue weighted by molar-refractivity contribution is 0.200. The first-order valence-electron chi connectivity index (χ1n) is 5.43. The molecule has 2 aromatic rings. The number of nitrogens with two attached hydrogens (primary N) is 1. The quantitative estimate of drug-likeness (QED) is 0.783. The third-order valence-electron chi connectivity index (χ3n) is 2.21. The van der Waals surface area contributed by atoms with Crippen molar-refractivity contribution in [3.8, 4) is 0 Å². The van der Waals surface area contributed by atoms with E-state index >= 15 is 0 Å². The van der Waals surface area contributed by atoms with Crippen LogP contribution in [0.2, 0.25) is 0 Å². The second-order valence-electron chi connectivity index (χ2n) is 3.44. The fourth-order valence-corrected chi connectivity index (χ4v) is 2.81. The van der Waals surface area contributed by atoms with E-state index in [1.54, 1.807) is 7.11 Å². The van der Waals surface area contributed by atoms with Gasteiger partial charge in [-0.15, -0.1) is 10.2 Å². The second kappa shape index (κ2) is 6.12. The van der Waals surface area contributed by atoms with Gasteiger partial charge in [-0.2, -0.15) is 4.37 Å². The Labute approximate surface area is 113 Å². The van der Waals surface area contributed by atoms with Crippen molar-refractivity contribution < 1.29 is 4.74 Å². The molecule has 2 N–H and O–H groups in total. The van der Waals surface area contributed by atoms with Gasteiger partial charge in [-0.1, -0.05) is 6.92 Å². The molecular weight excluding hydrogens is 272 g/mol. The Morgan fingerprint density at radius 3 is 2.94 bits per heavy atom. The normalized spacial score (nSPS) is 11.0. The van der Waals surface area contributed by atoms with Gasteiger partial charge in [0.15, 0.2) is 10.2 Å². The summed E-state index contributed by atoms with van der Waals surface area (Å²) in [4.78, 5) is 4.37. The van der Waals surface area contributed by atoms with Crippen LogP contribution in [-0.4, -0.2) is 37.9 Å². The molecular formula is C9H14N6OS2. The lowest BCUT2D eigenvalue weighted by atomic mass is 10.4. The number of methoxy groups -OCH3 is 1. The Kier molecular flexibility index (Phi) is 4.50. The smallest absolute Gasteiger partial charge is 0.216 e. The first-order chi connectivity index (χ1) is 8.74. The summed E-state index contributed by atoms with van der Waals surface area (Å²) in [5.41, 5.74) is 0. The highest BCUT2D eigenvalue weighted by Crippen LogP contribution is 2.27. The highest BCUT2D eigenvalue weighted by atomic mass is 32.2. The molecule has 2 aromatic heterocycles. The van der Waals surface area contributed by atoms with E-state index in [1.165, 1.54) is 28.0 Å². The van der Waals surface area contributed by atoms with Crippen LogP contribution in [0.1, 0.15) is 18.6 Å². The van der Waals surface area contributed by atoms with Crippen LogP contribution < -0.4 is 5.84 Å². The molecule has 0 bridgehead atoms. The molecule has 18 heavy (non-hydrogen) atoms. The molecule has 0 aliphatic rings. The molecule has 0 saturated carbocycles. The third kappa shape index (κ3) is 2.98. The largest absolute Gasteiger partial charge is 0.384 e. The maximum absolute atomic E-state index is 5.86. The summed E-state index contributed by atoms with van der Waals surface area (Å²) in [6, 6.07) is 0. The molecule has 0 amide bonds. The predicted molar refractivity (Wildman–Crippen MR) is 69.2 cm³/mol. The molecule has 0 fully saturated rings. The van der Waals surface area contributed by atoms with E-state index < -0.39 is 0 Å². The summed E-state index contributed by atoms with van der Waals surface area (Å²) in [6.07, 6.45) is 1.46. The maximum Gasteiger partial charge on any atom is 0.216 e. The Morgan fingerprint density at radius 2 is 2.28 bits per heavy atom. The van der Waals surface area contributed by atoms with Crippen LogP contribution in [0, 0.1) is 0 Å². The van der Waals surface area contributed by atoms with Gasteiger partial charge in [0.1, 0.15) is 5.82 Å². The van der Waals surface area contributed by atoms with Crippen LogP contribution in [0.3, 0.4) is 0 Å². The minimum Gasteiger partial charge on any atom is -0.384 e. The zero-order chi connectivity index (χ0) is 13.0. The van der Waals surface area contributed by atoms with Gasteiger partial charge in [0.2, 0.25) is 5.16 Å². The molecule has 0 aromatic carbocycles. The number of hydrogen-bond acceptors (Lipinski definition) is 8. The molecule has 0 radical (unpaired) electrons. The molecule has 2 rings (SSSR count). The summed E-state index contributed by atoms with van der Waals surface area (Å²) in [7, 11) is 1.66. The molecule has 0 aliphatic heterocycles. The van der Waals surface area contributed by atoms with E-state index in [9.17, 15) is 0 Å². The van der Waals surface area contributed by atoms with Gasteiger partial charge in [-0.3, -0.25) is 0 Å². The number of hydrogen-bond donors (Lipinski definition) is 1. The van der Waals surface area contributed by atoms with E-state index in [0.29, 0.717) is 18.2 Å². The van der Waals surface area contributed by atoms with Crippen molar-refractivity contribution in [2.45, 2.75) is 29.3 Å². The summed E-state index contributed by atoms with van der Waals surface area (Å²) in [5, 5.41) is 8.63. The number of aromatic nitrogens is 5. The van der Waals surface area contributed by atoms with Gasteiger partial charge in [0.05, 0.1) is 6.61 Å². The Hall–Kier alpha value is -1.19. The van der Waals surface area contributed by atoms with Crippen LogP contribution in [-0.2, 0) is 17.6 Å². The average Bonchev–Trinajstić information content (AvgIpc) is 2.96. The number of rotatable bonds is 6. The van der Waals surface area contributed by atoms with Gasteiger partial charge >= 0.3 is 0 Å². The molecule has 0 saturated heterocycles. The third-order valence-corrected chi connectivity index (χ3v) is 3.96. The van der Waals surface area contributed by atoms with Crippen LogP contribution in [0.4, 0.5) is 0 Å². The van der Waals surface area contributed by atoms with Crippen LogP contribution >= 0.6 is 23.3 Å². The van der Waals surface area contributed by atoms with Crippen molar-refractivity contribution in [3.05, 3.63) is 11.6 Å². The van der Waals surface area contributed by atoms with Crippen molar-refractivity contribution >= 4 is 23.3 Å². The molecule has 98 valence electrons. The van der Waals surface area contributed by atoms with Crippen molar-refractivity contribution in [2.75, 3.05) is 19.6 Å². The molecule has 7 nitrogen and oxygen atoms in total. The SMILES string of the molecule is CCc1nnc(Sc2nc(CCOC)ns2)n1N.